The number of carbonyl (C=O) groups excluding carboxylic acids is 2. The van der Waals surface area contributed by atoms with Gasteiger partial charge in [0.05, 0.1) is 11.8 Å². The molecule has 2 N–H and O–H groups in total. The van der Waals surface area contributed by atoms with Crippen LogP contribution in [0.1, 0.15) is 25.8 Å². The highest BCUT2D eigenvalue weighted by atomic mass is 16.2. The highest BCUT2D eigenvalue weighted by Gasteiger charge is 2.47. The Labute approximate surface area is 160 Å². The SMILES string of the molecule is CCN(CC)c1ccc(NC(=O)C2CC2C(=O)NCc2ccncc2)cc1. The lowest BCUT2D eigenvalue weighted by atomic mass is 10.2. The van der Waals surface area contributed by atoms with Gasteiger partial charge >= 0.3 is 0 Å². The van der Waals surface area contributed by atoms with Gasteiger partial charge in [0.2, 0.25) is 11.8 Å². The van der Waals surface area contributed by atoms with Crippen LogP contribution in [0.4, 0.5) is 11.4 Å². The fourth-order valence-corrected chi connectivity index (χ4v) is 3.17. The number of amides is 2. The summed E-state index contributed by atoms with van der Waals surface area (Å²) in [5, 5.41) is 5.81. The molecule has 2 amide bonds. The Morgan fingerprint density at radius 1 is 1.00 bits per heavy atom. The van der Waals surface area contributed by atoms with E-state index in [-0.39, 0.29) is 23.7 Å². The van der Waals surface area contributed by atoms with Crippen molar-refractivity contribution < 1.29 is 9.59 Å². The Kier molecular flexibility index (Phi) is 6.06. The van der Waals surface area contributed by atoms with Crippen LogP contribution < -0.4 is 15.5 Å². The molecular weight excluding hydrogens is 340 g/mol. The molecule has 1 aliphatic carbocycles. The van der Waals surface area contributed by atoms with E-state index in [0.717, 1.165) is 30.0 Å². The van der Waals surface area contributed by atoms with Crippen LogP contribution in [0.25, 0.3) is 0 Å². The second-order valence-corrected chi connectivity index (χ2v) is 6.73. The zero-order valence-corrected chi connectivity index (χ0v) is 15.8. The third-order valence-corrected chi connectivity index (χ3v) is 4.94. The maximum atomic E-state index is 12.4. The molecule has 0 spiro atoms. The van der Waals surface area contributed by atoms with Crippen LogP contribution in [0.5, 0.6) is 0 Å². The van der Waals surface area contributed by atoms with Crippen molar-refractivity contribution in [1.29, 1.82) is 0 Å². The predicted molar refractivity (Wildman–Crippen MR) is 106 cm³/mol. The number of rotatable bonds is 8. The van der Waals surface area contributed by atoms with Crippen molar-refractivity contribution in [2.24, 2.45) is 11.8 Å². The Morgan fingerprint density at radius 3 is 2.26 bits per heavy atom. The van der Waals surface area contributed by atoms with Crippen molar-refractivity contribution in [2.45, 2.75) is 26.8 Å². The van der Waals surface area contributed by atoms with E-state index < -0.39 is 0 Å². The first-order valence-corrected chi connectivity index (χ1v) is 9.44. The Balaban J connectivity index is 1.47. The van der Waals surface area contributed by atoms with Crippen molar-refractivity contribution in [2.75, 3.05) is 23.3 Å². The van der Waals surface area contributed by atoms with Crippen LogP contribution in [0.3, 0.4) is 0 Å². The van der Waals surface area contributed by atoms with E-state index in [1.807, 2.05) is 36.4 Å². The molecule has 27 heavy (non-hydrogen) atoms. The highest BCUT2D eigenvalue weighted by molar-refractivity contribution is 5.99. The molecule has 6 heteroatoms. The number of carbonyl (C=O) groups is 2. The lowest BCUT2D eigenvalue weighted by molar-refractivity contribution is -0.125. The number of hydrogen-bond acceptors (Lipinski definition) is 4. The van der Waals surface area contributed by atoms with Gasteiger partial charge in [0.25, 0.3) is 0 Å². The summed E-state index contributed by atoms with van der Waals surface area (Å²) in [6, 6.07) is 11.6. The zero-order chi connectivity index (χ0) is 19.2. The van der Waals surface area contributed by atoms with Crippen LogP contribution in [0.15, 0.2) is 48.8 Å². The molecule has 6 nitrogen and oxygen atoms in total. The standard InChI is InChI=1S/C21H26N4O2/c1-3-25(4-2)17-7-5-16(6-8-17)24-21(27)19-13-18(19)20(26)23-14-15-9-11-22-12-10-15/h5-12,18-19H,3-4,13-14H2,1-2H3,(H,23,26)(H,24,27). The minimum atomic E-state index is -0.245. The molecule has 1 fully saturated rings. The van der Waals surface area contributed by atoms with Crippen molar-refractivity contribution in [3.8, 4) is 0 Å². The van der Waals surface area contributed by atoms with Crippen LogP contribution in [-0.2, 0) is 16.1 Å². The molecule has 1 aliphatic rings. The number of anilines is 2. The van der Waals surface area contributed by atoms with E-state index in [1.165, 1.54) is 0 Å². The first kappa shape index (κ1) is 18.9. The molecule has 0 bridgehead atoms. The molecular formula is C21H26N4O2. The van der Waals surface area contributed by atoms with Gasteiger partial charge < -0.3 is 15.5 Å². The summed E-state index contributed by atoms with van der Waals surface area (Å²) < 4.78 is 0. The molecule has 1 aromatic carbocycles. The molecule has 2 unspecified atom stereocenters. The summed E-state index contributed by atoms with van der Waals surface area (Å²) in [4.78, 5) is 30.8. The monoisotopic (exact) mass is 366 g/mol. The molecule has 1 heterocycles. The first-order chi connectivity index (χ1) is 13.1. The van der Waals surface area contributed by atoms with E-state index in [1.54, 1.807) is 12.4 Å². The van der Waals surface area contributed by atoms with Gasteiger partial charge in [-0.15, -0.1) is 0 Å². The fraction of sp³-hybridized carbons (Fsp3) is 0.381. The minimum absolute atomic E-state index is 0.0659. The quantitative estimate of drug-likeness (QED) is 0.753. The molecule has 3 rings (SSSR count). The van der Waals surface area contributed by atoms with Crippen LogP contribution in [0, 0.1) is 11.8 Å². The lowest BCUT2D eigenvalue weighted by Gasteiger charge is -2.21. The van der Waals surface area contributed by atoms with Gasteiger partial charge in [-0.1, -0.05) is 0 Å². The molecule has 0 saturated heterocycles. The third kappa shape index (κ3) is 4.84. The van der Waals surface area contributed by atoms with Crippen molar-refractivity contribution in [3.05, 3.63) is 54.4 Å². The second-order valence-electron chi connectivity index (χ2n) is 6.73. The average molecular weight is 366 g/mol. The lowest BCUT2D eigenvalue weighted by Crippen LogP contribution is -2.27. The molecule has 0 radical (unpaired) electrons. The normalized spacial score (nSPS) is 17.9. The smallest absolute Gasteiger partial charge is 0.228 e. The second kappa shape index (κ2) is 8.66. The zero-order valence-electron chi connectivity index (χ0n) is 15.8. The largest absolute Gasteiger partial charge is 0.372 e. The van der Waals surface area contributed by atoms with E-state index in [4.69, 9.17) is 0 Å². The van der Waals surface area contributed by atoms with Gasteiger partial charge in [0.1, 0.15) is 0 Å². The summed E-state index contributed by atoms with van der Waals surface area (Å²) in [7, 11) is 0. The van der Waals surface area contributed by atoms with Gasteiger partial charge in [0, 0.05) is 43.4 Å². The number of hydrogen-bond donors (Lipinski definition) is 2. The van der Waals surface area contributed by atoms with Crippen molar-refractivity contribution in [1.82, 2.24) is 10.3 Å². The Bertz CT molecular complexity index is 773. The highest BCUT2D eigenvalue weighted by Crippen LogP contribution is 2.39. The summed E-state index contributed by atoms with van der Waals surface area (Å²) in [6.07, 6.45) is 3.99. The van der Waals surface area contributed by atoms with Crippen LogP contribution >= 0.6 is 0 Å². The predicted octanol–water partition coefficient (Wildman–Crippen LogP) is 2.82. The maximum absolute atomic E-state index is 12.4. The van der Waals surface area contributed by atoms with Gasteiger partial charge in [-0.3, -0.25) is 14.6 Å². The topological polar surface area (TPSA) is 74.3 Å². The van der Waals surface area contributed by atoms with Gasteiger partial charge in [-0.25, -0.2) is 0 Å². The summed E-state index contributed by atoms with van der Waals surface area (Å²) in [5.74, 6) is -0.634. The summed E-state index contributed by atoms with van der Waals surface area (Å²) in [5.41, 5.74) is 2.89. The molecule has 1 saturated carbocycles. The first-order valence-electron chi connectivity index (χ1n) is 9.44. The third-order valence-electron chi connectivity index (χ3n) is 4.94. The van der Waals surface area contributed by atoms with Gasteiger partial charge in [-0.05, 0) is 62.2 Å². The molecule has 0 aliphatic heterocycles. The number of nitrogens with one attached hydrogen (secondary N) is 2. The van der Waals surface area contributed by atoms with Crippen LogP contribution in [0.2, 0.25) is 0 Å². The van der Waals surface area contributed by atoms with Gasteiger partial charge in [0.15, 0.2) is 0 Å². The van der Waals surface area contributed by atoms with E-state index >= 15 is 0 Å². The molecule has 1 aromatic heterocycles. The van der Waals surface area contributed by atoms with Crippen molar-refractivity contribution in [3.63, 3.8) is 0 Å². The fourth-order valence-electron chi connectivity index (χ4n) is 3.17. The number of benzene rings is 1. The minimum Gasteiger partial charge on any atom is -0.372 e. The Morgan fingerprint density at radius 2 is 1.63 bits per heavy atom. The average Bonchev–Trinajstić information content (AvgIpc) is 3.50. The van der Waals surface area contributed by atoms with E-state index in [2.05, 4.69) is 34.4 Å². The Hall–Kier alpha value is -2.89. The molecule has 2 atom stereocenters. The summed E-state index contributed by atoms with van der Waals surface area (Å²) >= 11 is 0. The summed E-state index contributed by atoms with van der Waals surface area (Å²) in [6.45, 7) is 6.58. The van der Waals surface area contributed by atoms with E-state index in [0.29, 0.717) is 13.0 Å². The number of aromatic nitrogens is 1. The van der Waals surface area contributed by atoms with Crippen LogP contribution in [-0.4, -0.2) is 29.9 Å². The number of pyridine rings is 1. The van der Waals surface area contributed by atoms with Crippen molar-refractivity contribution >= 4 is 23.2 Å². The molecule has 2 aromatic rings. The number of nitrogens with zero attached hydrogens (tertiary/aromatic N) is 2. The molecule has 142 valence electrons. The van der Waals surface area contributed by atoms with E-state index in [9.17, 15) is 9.59 Å². The maximum Gasteiger partial charge on any atom is 0.228 e. The van der Waals surface area contributed by atoms with Gasteiger partial charge in [-0.2, -0.15) is 0 Å².